The van der Waals surface area contributed by atoms with Gasteiger partial charge in [0, 0.05) is 26.1 Å². The van der Waals surface area contributed by atoms with Gasteiger partial charge in [-0.2, -0.15) is 5.10 Å². The van der Waals surface area contributed by atoms with Crippen molar-refractivity contribution in [3.63, 3.8) is 0 Å². The SMILES string of the molecule is NN=Cc1ccc(C2=NOC(CN3CCC(OCC(=O)O)CC3)C2)cc1. The Hall–Kier alpha value is -2.45. The van der Waals surface area contributed by atoms with Crippen molar-refractivity contribution in [1.82, 2.24) is 4.90 Å². The highest BCUT2D eigenvalue weighted by atomic mass is 16.6. The largest absolute Gasteiger partial charge is 0.480 e. The Balaban J connectivity index is 1.42. The van der Waals surface area contributed by atoms with Crippen LogP contribution in [0.25, 0.3) is 0 Å². The summed E-state index contributed by atoms with van der Waals surface area (Å²) in [7, 11) is 0. The molecule has 1 aromatic rings. The summed E-state index contributed by atoms with van der Waals surface area (Å²) in [5.41, 5.74) is 2.94. The van der Waals surface area contributed by atoms with E-state index in [1.165, 1.54) is 0 Å². The second-order valence-electron chi connectivity index (χ2n) is 6.57. The Morgan fingerprint density at radius 3 is 2.77 bits per heavy atom. The van der Waals surface area contributed by atoms with Crippen molar-refractivity contribution in [1.29, 1.82) is 0 Å². The smallest absolute Gasteiger partial charge is 0.329 e. The molecule has 8 heteroatoms. The number of ether oxygens (including phenoxy) is 1. The van der Waals surface area contributed by atoms with Gasteiger partial charge in [0.2, 0.25) is 0 Å². The molecule has 0 saturated carbocycles. The lowest BCUT2D eigenvalue weighted by Crippen LogP contribution is -2.41. The van der Waals surface area contributed by atoms with Gasteiger partial charge in [0.1, 0.15) is 12.7 Å². The minimum absolute atomic E-state index is 0.0363. The molecule has 3 N–H and O–H groups in total. The molecule has 0 aromatic heterocycles. The molecule has 26 heavy (non-hydrogen) atoms. The predicted octanol–water partition coefficient (Wildman–Crippen LogP) is 1.04. The van der Waals surface area contributed by atoms with Crippen LogP contribution in [0.5, 0.6) is 0 Å². The highest BCUT2D eigenvalue weighted by Crippen LogP contribution is 2.20. The highest BCUT2D eigenvalue weighted by Gasteiger charge is 2.27. The van der Waals surface area contributed by atoms with Gasteiger partial charge >= 0.3 is 5.97 Å². The number of rotatable bonds is 7. The third kappa shape index (κ3) is 5.03. The molecule has 2 aliphatic rings. The van der Waals surface area contributed by atoms with Gasteiger partial charge in [-0.1, -0.05) is 29.4 Å². The van der Waals surface area contributed by atoms with E-state index in [-0.39, 0.29) is 18.8 Å². The van der Waals surface area contributed by atoms with Crippen LogP contribution in [-0.4, -0.2) is 66.4 Å². The van der Waals surface area contributed by atoms with Gasteiger partial charge in [-0.3, -0.25) is 4.90 Å². The van der Waals surface area contributed by atoms with E-state index < -0.39 is 5.97 Å². The third-order valence-electron chi connectivity index (χ3n) is 4.64. The van der Waals surface area contributed by atoms with Crippen LogP contribution in [0.4, 0.5) is 0 Å². The fourth-order valence-electron chi connectivity index (χ4n) is 3.28. The minimum atomic E-state index is -0.917. The molecule has 2 heterocycles. The van der Waals surface area contributed by atoms with Crippen molar-refractivity contribution >= 4 is 17.9 Å². The molecule has 0 radical (unpaired) electrons. The number of benzene rings is 1. The van der Waals surface area contributed by atoms with E-state index in [0.717, 1.165) is 55.7 Å². The first kappa shape index (κ1) is 18.3. The van der Waals surface area contributed by atoms with Gasteiger partial charge in [0.15, 0.2) is 0 Å². The number of carbonyl (C=O) groups is 1. The van der Waals surface area contributed by atoms with E-state index >= 15 is 0 Å². The fourth-order valence-corrected chi connectivity index (χ4v) is 3.28. The number of nitrogens with zero attached hydrogens (tertiary/aromatic N) is 3. The number of oxime groups is 1. The standard InChI is InChI=1S/C18H24N4O4/c19-20-10-13-1-3-14(4-2-13)17-9-16(26-21-17)11-22-7-5-15(6-8-22)25-12-18(23)24/h1-4,10,15-16H,5-9,11-12,19H2,(H,23,24). The Labute approximate surface area is 152 Å². The van der Waals surface area contributed by atoms with Crippen LogP contribution in [0, 0.1) is 0 Å². The van der Waals surface area contributed by atoms with Crippen molar-refractivity contribution < 1.29 is 19.5 Å². The maximum atomic E-state index is 10.6. The van der Waals surface area contributed by atoms with Crippen LogP contribution in [0.3, 0.4) is 0 Å². The van der Waals surface area contributed by atoms with Crippen LogP contribution in [0.2, 0.25) is 0 Å². The zero-order valence-corrected chi connectivity index (χ0v) is 14.6. The third-order valence-corrected chi connectivity index (χ3v) is 4.64. The van der Waals surface area contributed by atoms with E-state index in [0.29, 0.717) is 0 Å². The first-order valence-corrected chi connectivity index (χ1v) is 8.76. The molecular weight excluding hydrogens is 336 g/mol. The molecular formula is C18H24N4O4. The maximum absolute atomic E-state index is 10.6. The number of hydrogen-bond donors (Lipinski definition) is 2. The van der Waals surface area contributed by atoms with Crippen LogP contribution in [-0.2, 0) is 14.4 Å². The number of hydrazone groups is 1. The van der Waals surface area contributed by atoms with E-state index in [4.69, 9.17) is 20.5 Å². The zero-order valence-electron chi connectivity index (χ0n) is 14.6. The first-order valence-electron chi connectivity index (χ1n) is 8.76. The molecule has 1 aromatic carbocycles. The Bertz CT molecular complexity index is 666. The van der Waals surface area contributed by atoms with Crippen molar-refractivity contribution in [3.05, 3.63) is 35.4 Å². The number of piperidine rings is 1. The van der Waals surface area contributed by atoms with Crippen LogP contribution < -0.4 is 5.84 Å². The predicted molar refractivity (Wildman–Crippen MR) is 97.3 cm³/mol. The molecule has 1 saturated heterocycles. The first-order chi connectivity index (χ1) is 12.6. The molecule has 8 nitrogen and oxygen atoms in total. The Morgan fingerprint density at radius 1 is 1.38 bits per heavy atom. The number of hydrogen-bond acceptors (Lipinski definition) is 7. The molecule has 140 valence electrons. The summed E-state index contributed by atoms with van der Waals surface area (Å²) in [5, 5.41) is 16.4. The summed E-state index contributed by atoms with van der Waals surface area (Å²) < 4.78 is 5.37. The van der Waals surface area contributed by atoms with Crippen LogP contribution in [0.15, 0.2) is 34.5 Å². The molecule has 1 unspecified atom stereocenters. The van der Waals surface area contributed by atoms with Crippen molar-refractivity contribution in [2.24, 2.45) is 16.1 Å². The van der Waals surface area contributed by atoms with Crippen molar-refractivity contribution in [2.45, 2.75) is 31.5 Å². The second kappa shape index (κ2) is 8.77. The van der Waals surface area contributed by atoms with Gasteiger partial charge in [0.05, 0.1) is 18.0 Å². The lowest BCUT2D eigenvalue weighted by molar-refractivity contribution is -0.145. The number of carboxylic acid groups (broad SMARTS) is 1. The Kier molecular flexibility index (Phi) is 6.19. The molecule has 1 fully saturated rings. The summed E-state index contributed by atoms with van der Waals surface area (Å²) in [6, 6.07) is 7.88. The zero-order chi connectivity index (χ0) is 18.4. The number of aliphatic carboxylic acids is 1. The Morgan fingerprint density at radius 2 is 2.12 bits per heavy atom. The monoisotopic (exact) mass is 360 g/mol. The van der Waals surface area contributed by atoms with Crippen molar-refractivity contribution in [2.75, 3.05) is 26.2 Å². The van der Waals surface area contributed by atoms with E-state index in [2.05, 4.69) is 15.2 Å². The molecule has 2 aliphatic heterocycles. The summed E-state index contributed by atoms with van der Waals surface area (Å²) in [5.74, 6) is 4.24. The molecule has 3 rings (SSSR count). The van der Waals surface area contributed by atoms with Crippen LogP contribution >= 0.6 is 0 Å². The van der Waals surface area contributed by atoms with Crippen molar-refractivity contribution in [3.8, 4) is 0 Å². The van der Waals surface area contributed by atoms with Gasteiger partial charge in [-0.15, -0.1) is 0 Å². The van der Waals surface area contributed by atoms with Gasteiger partial charge < -0.3 is 20.5 Å². The average Bonchev–Trinajstić information content (AvgIpc) is 3.10. The number of carboxylic acids is 1. The van der Waals surface area contributed by atoms with E-state index in [9.17, 15) is 4.79 Å². The summed E-state index contributed by atoms with van der Waals surface area (Å²) in [6.45, 7) is 2.36. The van der Waals surface area contributed by atoms with E-state index in [1.54, 1.807) is 6.21 Å². The quantitative estimate of drug-likeness (QED) is 0.427. The maximum Gasteiger partial charge on any atom is 0.329 e. The second-order valence-corrected chi connectivity index (χ2v) is 6.57. The normalized spacial score (nSPS) is 21.7. The lowest BCUT2D eigenvalue weighted by atomic mass is 10.0. The summed E-state index contributed by atoms with van der Waals surface area (Å²) in [4.78, 5) is 18.5. The number of likely N-dealkylation sites (tertiary alicyclic amines) is 1. The van der Waals surface area contributed by atoms with Gasteiger partial charge in [0.25, 0.3) is 0 Å². The molecule has 0 aliphatic carbocycles. The summed E-state index contributed by atoms with van der Waals surface area (Å²) >= 11 is 0. The highest BCUT2D eigenvalue weighted by molar-refractivity contribution is 6.01. The molecule has 0 bridgehead atoms. The van der Waals surface area contributed by atoms with Crippen LogP contribution in [0.1, 0.15) is 30.4 Å². The molecule has 0 spiro atoms. The van der Waals surface area contributed by atoms with E-state index in [1.807, 2.05) is 24.3 Å². The average molecular weight is 360 g/mol. The molecule has 0 amide bonds. The fraction of sp³-hybridized carbons (Fsp3) is 0.500. The topological polar surface area (TPSA) is 110 Å². The summed E-state index contributed by atoms with van der Waals surface area (Å²) in [6.07, 6.45) is 4.15. The van der Waals surface area contributed by atoms with Gasteiger partial charge in [-0.05, 0) is 24.0 Å². The molecule has 1 atom stereocenters. The van der Waals surface area contributed by atoms with Gasteiger partial charge in [-0.25, -0.2) is 4.79 Å². The minimum Gasteiger partial charge on any atom is -0.480 e. The lowest BCUT2D eigenvalue weighted by Gasteiger charge is -2.32. The number of nitrogens with two attached hydrogens (primary N) is 1.